The molecule has 184 valence electrons. The van der Waals surface area contributed by atoms with Crippen molar-refractivity contribution in [2.24, 2.45) is 0 Å². The van der Waals surface area contributed by atoms with E-state index in [0.29, 0.717) is 17.3 Å². The third kappa shape index (κ3) is 6.32. The first kappa shape index (κ1) is 25.6. The summed E-state index contributed by atoms with van der Waals surface area (Å²) >= 11 is 1.53. The van der Waals surface area contributed by atoms with Crippen molar-refractivity contribution in [1.82, 2.24) is 20.2 Å². The number of hydrogen-bond donors (Lipinski definition) is 3. The number of nitrogens with one attached hydrogen (secondary N) is 1. The summed E-state index contributed by atoms with van der Waals surface area (Å²) in [4.78, 5) is 18.0. The number of halogens is 3. The van der Waals surface area contributed by atoms with Gasteiger partial charge in [-0.1, -0.05) is 31.3 Å². The van der Waals surface area contributed by atoms with Gasteiger partial charge in [0.25, 0.3) is 0 Å². The standard InChI is InChI=1S/C20H20N6OS.C2HF3O2/c1-11(2)19-25-26-20(28-19)14-10-16-17(24-18(14)21)15(7-8-22-16)23-12-5-4-6-13(9-12)27-3;3-2(4,5)1(6)7/h4-11H,1-3H3,(H2,21,24)(H,22,23);(H,6,7). The maximum absolute atomic E-state index is 10.6. The number of fused-ring (bicyclic) bond motifs is 1. The summed E-state index contributed by atoms with van der Waals surface area (Å²) in [7, 11) is 1.64. The number of anilines is 3. The van der Waals surface area contributed by atoms with E-state index in [2.05, 4.69) is 39.3 Å². The number of aromatic nitrogens is 4. The summed E-state index contributed by atoms with van der Waals surface area (Å²) in [6, 6.07) is 11.5. The minimum atomic E-state index is -5.08. The zero-order valence-corrected chi connectivity index (χ0v) is 19.6. The van der Waals surface area contributed by atoms with Gasteiger partial charge in [-0.05, 0) is 24.3 Å². The zero-order valence-electron chi connectivity index (χ0n) is 18.8. The molecule has 0 spiro atoms. The molecule has 0 aliphatic rings. The van der Waals surface area contributed by atoms with Gasteiger partial charge < -0.3 is 20.9 Å². The molecule has 0 unspecified atom stereocenters. The Balaban J connectivity index is 0.000000429. The molecule has 9 nitrogen and oxygen atoms in total. The van der Waals surface area contributed by atoms with Crippen molar-refractivity contribution in [2.75, 3.05) is 18.2 Å². The van der Waals surface area contributed by atoms with Crippen LogP contribution in [0.25, 0.3) is 21.6 Å². The van der Waals surface area contributed by atoms with Crippen LogP contribution in [0.2, 0.25) is 0 Å². The molecule has 4 rings (SSSR count). The van der Waals surface area contributed by atoms with Crippen molar-refractivity contribution in [3.8, 4) is 16.3 Å². The Hall–Kier alpha value is -4.00. The maximum atomic E-state index is 10.6. The van der Waals surface area contributed by atoms with Crippen LogP contribution in [0.5, 0.6) is 5.75 Å². The van der Waals surface area contributed by atoms with E-state index in [1.807, 2.05) is 36.4 Å². The Bertz CT molecular complexity index is 1340. The van der Waals surface area contributed by atoms with E-state index in [1.54, 1.807) is 13.3 Å². The Morgan fingerprint density at radius 1 is 1.20 bits per heavy atom. The molecule has 35 heavy (non-hydrogen) atoms. The summed E-state index contributed by atoms with van der Waals surface area (Å²) in [5.74, 6) is -1.26. The van der Waals surface area contributed by atoms with Gasteiger partial charge in [0, 0.05) is 23.9 Å². The predicted molar refractivity (Wildman–Crippen MR) is 127 cm³/mol. The van der Waals surface area contributed by atoms with Crippen LogP contribution in [-0.2, 0) is 4.79 Å². The van der Waals surface area contributed by atoms with Gasteiger partial charge in [-0.2, -0.15) is 13.2 Å². The van der Waals surface area contributed by atoms with E-state index in [-0.39, 0.29) is 0 Å². The molecule has 0 saturated carbocycles. The molecule has 0 aliphatic carbocycles. The van der Waals surface area contributed by atoms with E-state index in [0.717, 1.165) is 38.2 Å². The molecule has 4 N–H and O–H groups in total. The molecule has 0 fully saturated rings. The number of carbonyl (C=O) groups is 1. The van der Waals surface area contributed by atoms with E-state index < -0.39 is 12.1 Å². The molecule has 0 bridgehead atoms. The number of carboxylic acid groups (broad SMARTS) is 1. The molecular weight excluding hydrogens is 485 g/mol. The van der Waals surface area contributed by atoms with Crippen LogP contribution < -0.4 is 15.8 Å². The van der Waals surface area contributed by atoms with Gasteiger partial charge in [0.15, 0.2) is 5.01 Å². The number of alkyl halides is 3. The number of nitrogen functional groups attached to an aromatic ring is 1. The quantitative estimate of drug-likeness (QED) is 0.332. The first-order chi connectivity index (χ1) is 16.5. The number of nitrogens with two attached hydrogens (primary N) is 1. The molecule has 0 atom stereocenters. The van der Waals surface area contributed by atoms with Crippen LogP contribution in [-0.4, -0.2) is 44.5 Å². The monoisotopic (exact) mass is 506 g/mol. The topological polar surface area (TPSA) is 136 Å². The number of aliphatic carboxylic acids is 1. The van der Waals surface area contributed by atoms with Crippen molar-refractivity contribution >= 4 is 45.5 Å². The molecule has 0 aliphatic heterocycles. The van der Waals surface area contributed by atoms with Crippen LogP contribution in [0.15, 0.2) is 42.6 Å². The highest BCUT2D eigenvalue weighted by atomic mass is 32.1. The average molecular weight is 507 g/mol. The van der Waals surface area contributed by atoms with Crippen molar-refractivity contribution in [2.45, 2.75) is 25.9 Å². The van der Waals surface area contributed by atoms with Gasteiger partial charge >= 0.3 is 12.1 Å². The molecule has 13 heteroatoms. The number of benzene rings is 1. The average Bonchev–Trinajstić information content (AvgIpc) is 3.29. The summed E-state index contributed by atoms with van der Waals surface area (Å²) in [6.07, 6.45) is -3.34. The van der Waals surface area contributed by atoms with E-state index in [1.165, 1.54) is 11.3 Å². The van der Waals surface area contributed by atoms with Gasteiger partial charge in [0.2, 0.25) is 0 Å². The van der Waals surface area contributed by atoms with E-state index in [9.17, 15) is 13.2 Å². The van der Waals surface area contributed by atoms with Crippen molar-refractivity contribution < 1.29 is 27.8 Å². The molecule has 4 aromatic rings. The second-order valence-corrected chi connectivity index (χ2v) is 8.42. The fraction of sp³-hybridized carbons (Fsp3) is 0.227. The number of carboxylic acids is 1. The molecule has 3 heterocycles. The van der Waals surface area contributed by atoms with Crippen LogP contribution in [0, 0.1) is 0 Å². The fourth-order valence-corrected chi connectivity index (χ4v) is 3.66. The number of rotatable bonds is 5. The Morgan fingerprint density at radius 2 is 1.91 bits per heavy atom. The number of hydrogen-bond acceptors (Lipinski definition) is 9. The molecule has 0 radical (unpaired) electrons. The Labute approximate surface area is 201 Å². The summed E-state index contributed by atoms with van der Waals surface area (Å²) < 4.78 is 37.0. The summed E-state index contributed by atoms with van der Waals surface area (Å²) in [6.45, 7) is 4.18. The van der Waals surface area contributed by atoms with E-state index in [4.69, 9.17) is 20.4 Å². The molecule has 0 amide bonds. The molecule has 1 aromatic carbocycles. The molecule has 0 saturated heterocycles. The Kier molecular flexibility index (Phi) is 7.69. The molecular formula is C22H21F3N6O3S. The summed E-state index contributed by atoms with van der Waals surface area (Å²) in [5.41, 5.74) is 10.2. The van der Waals surface area contributed by atoms with E-state index >= 15 is 0 Å². The van der Waals surface area contributed by atoms with Crippen LogP contribution in [0.1, 0.15) is 24.8 Å². The lowest BCUT2D eigenvalue weighted by Crippen LogP contribution is -2.21. The second-order valence-electron chi connectivity index (χ2n) is 7.41. The number of pyridine rings is 2. The highest BCUT2D eigenvalue weighted by Gasteiger charge is 2.38. The lowest BCUT2D eigenvalue weighted by molar-refractivity contribution is -0.192. The first-order valence-electron chi connectivity index (χ1n) is 10.1. The van der Waals surface area contributed by atoms with Gasteiger partial charge in [0.1, 0.15) is 22.1 Å². The highest BCUT2D eigenvalue weighted by Crippen LogP contribution is 2.34. The second kappa shape index (κ2) is 10.5. The van der Waals surface area contributed by atoms with Crippen LogP contribution in [0.4, 0.5) is 30.4 Å². The molecule has 3 aromatic heterocycles. The van der Waals surface area contributed by atoms with Crippen molar-refractivity contribution in [3.05, 3.63) is 47.6 Å². The van der Waals surface area contributed by atoms with Gasteiger partial charge in [-0.3, -0.25) is 4.98 Å². The minimum Gasteiger partial charge on any atom is -0.497 e. The smallest absolute Gasteiger partial charge is 0.490 e. The number of ether oxygens (including phenoxy) is 1. The zero-order chi connectivity index (χ0) is 25.8. The van der Waals surface area contributed by atoms with Gasteiger partial charge in [-0.25, -0.2) is 9.78 Å². The largest absolute Gasteiger partial charge is 0.497 e. The SMILES string of the molecule is COc1cccc(Nc2ccnc3cc(-c4nnc(C(C)C)s4)c(N)nc23)c1.O=C(O)C(F)(F)F. The Morgan fingerprint density at radius 3 is 2.51 bits per heavy atom. The number of nitrogens with zero attached hydrogens (tertiary/aromatic N) is 4. The highest BCUT2D eigenvalue weighted by molar-refractivity contribution is 7.14. The lowest BCUT2D eigenvalue weighted by Gasteiger charge is -2.11. The normalized spacial score (nSPS) is 11.2. The van der Waals surface area contributed by atoms with Crippen LogP contribution >= 0.6 is 11.3 Å². The fourth-order valence-electron chi connectivity index (χ4n) is 2.79. The third-order valence-electron chi connectivity index (χ3n) is 4.50. The van der Waals surface area contributed by atoms with Crippen molar-refractivity contribution in [1.29, 1.82) is 0 Å². The lowest BCUT2D eigenvalue weighted by atomic mass is 10.2. The predicted octanol–water partition coefficient (Wildman–Crippen LogP) is 5.24. The van der Waals surface area contributed by atoms with Crippen LogP contribution in [0.3, 0.4) is 0 Å². The minimum absolute atomic E-state index is 0.317. The van der Waals surface area contributed by atoms with Gasteiger partial charge in [0.05, 0.1) is 23.9 Å². The van der Waals surface area contributed by atoms with Gasteiger partial charge in [-0.15, -0.1) is 10.2 Å². The summed E-state index contributed by atoms with van der Waals surface area (Å²) in [5, 5.41) is 20.7. The first-order valence-corrected chi connectivity index (χ1v) is 10.9. The number of methoxy groups -OCH3 is 1. The van der Waals surface area contributed by atoms with Crippen molar-refractivity contribution in [3.63, 3.8) is 0 Å². The maximum Gasteiger partial charge on any atom is 0.490 e. The third-order valence-corrected chi connectivity index (χ3v) is 5.76.